The summed E-state index contributed by atoms with van der Waals surface area (Å²) in [7, 11) is 1.30. The van der Waals surface area contributed by atoms with E-state index in [1.165, 1.54) is 13.3 Å². The highest BCUT2D eigenvalue weighted by Gasteiger charge is 2.11. The number of carbonyl (C=O) groups excluding carboxylic acids is 1. The van der Waals surface area contributed by atoms with Gasteiger partial charge in [0.2, 0.25) is 5.76 Å². The first-order chi connectivity index (χ1) is 6.27. The van der Waals surface area contributed by atoms with E-state index in [2.05, 4.69) is 9.72 Å². The SMILES string of the molecule is COC(=O)c1cnc(CCCN)o1. The number of aromatic nitrogens is 1. The number of esters is 1. The van der Waals surface area contributed by atoms with Gasteiger partial charge in [-0.3, -0.25) is 0 Å². The molecule has 0 amide bonds. The Kier molecular flexibility index (Phi) is 3.45. The number of oxazole rings is 1. The summed E-state index contributed by atoms with van der Waals surface area (Å²) in [6.07, 6.45) is 2.80. The predicted molar refractivity (Wildman–Crippen MR) is 45.2 cm³/mol. The third kappa shape index (κ3) is 2.55. The highest BCUT2D eigenvalue weighted by atomic mass is 16.5. The molecule has 2 N–H and O–H groups in total. The summed E-state index contributed by atoms with van der Waals surface area (Å²) in [5, 5.41) is 0. The third-order valence-corrected chi connectivity index (χ3v) is 1.53. The zero-order valence-corrected chi connectivity index (χ0v) is 7.45. The normalized spacial score (nSPS) is 10.0. The fourth-order valence-electron chi connectivity index (χ4n) is 0.874. The number of hydrogen-bond donors (Lipinski definition) is 1. The Labute approximate surface area is 75.9 Å². The molecule has 1 rings (SSSR count). The molecule has 72 valence electrons. The maximum absolute atomic E-state index is 10.9. The Balaban J connectivity index is 2.58. The van der Waals surface area contributed by atoms with Crippen molar-refractivity contribution in [2.75, 3.05) is 13.7 Å². The Morgan fingerprint density at radius 2 is 2.54 bits per heavy atom. The van der Waals surface area contributed by atoms with E-state index in [0.717, 1.165) is 6.42 Å². The molecule has 1 aromatic heterocycles. The largest absolute Gasteiger partial charge is 0.463 e. The lowest BCUT2D eigenvalue weighted by molar-refractivity contribution is 0.0563. The minimum atomic E-state index is -0.508. The molecule has 0 spiro atoms. The fraction of sp³-hybridized carbons (Fsp3) is 0.500. The van der Waals surface area contributed by atoms with Gasteiger partial charge in [0.25, 0.3) is 0 Å². The van der Waals surface area contributed by atoms with Gasteiger partial charge in [0, 0.05) is 6.42 Å². The molecule has 0 radical (unpaired) electrons. The number of carbonyl (C=O) groups is 1. The molecule has 1 heterocycles. The van der Waals surface area contributed by atoms with Gasteiger partial charge >= 0.3 is 5.97 Å². The average Bonchev–Trinajstić information content (AvgIpc) is 2.62. The Morgan fingerprint density at radius 3 is 3.15 bits per heavy atom. The van der Waals surface area contributed by atoms with Crippen LogP contribution >= 0.6 is 0 Å². The van der Waals surface area contributed by atoms with Crippen LogP contribution in [0.15, 0.2) is 10.6 Å². The van der Waals surface area contributed by atoms with Crippen LogP contribution < -0.4 is 5.73 Å². The van der Waals surface area contributed by atoms with E-state index in [0.29, 0.717) is 18.9 Å². The molecule has 13 heavy (non-hydrogen) atoms. The molecule has 0 aliphatic heterocycles. The van der Waals surface area contributed by atoms with Crippen LogP contribution in [0.25, 0.3) is 0 Å². The van der Waals surface area contributed by atoms with Gasteiger partial charge in [-0.2, -0.15) is 0 Å². The van der Waals surface area contributed by atoms with Gasteiger partial charge in [0.1, 0.15) is 0 Å². The topological polar surface area (TPSA) is 78.3 Å². The quantitative estimate of drug-likeness (QED) is 0.683. The molecule has 0 unspecified atom stereocenters. The molecule has 0 aliphatic carbocycles. The highest BCUT2D eigenvalue weighted by molar-refractivity contribution is 5.85. The van der Waals surface area contributed by atoms with E-state index in [-0.39, 0.29) is 5.76 Å². The maximum atomic E-state index is 10.9. The number of rotatable bonds is 4. The standard InChI is InChI=1S/C8H12N2O3/c1-12-8(11)6-5-10-7(13-6)3-2-4-9/h5H,2-4,9H2,1H3. The molecule has 1 aromatic rings. The summed E-state index contributed by atoms with van der Waals surface area (Å²) in [4.78, 5) is 14.8. The zero-order valence-electron chi connectivity index (χ0n) is 7.45. The van der Waals surface area contributed by atoms with Crippen LogP contribution in [-0.4, -0.2) is 24.6 Å². The molecular formula is C8H12N2O3. The van der Waals surface area contributed by atoms with Crippen molar-refractivity contribution in [1.82, 2.24) is 4.98 Å². The molecule has 5 nitrogen and oxygen atoms in total. The van der Waals surface area contributed by atoms with Crippen molar-refractivity contribution in [3.63, 3.8) is 0 Å². The van der Waals surface area contributed by atoms with Crippen LogP contribution in [0.2, 0.25) is 0 Å². The van der Waals surface area contributed by atoms with Crippen LogP contribution in [0.1, 0.15) is 22.9 Å². The number of ether oxygens (including phenoxy) is 1. The van der Waals surface area contributed by atoms with Gasteiger partial charge in [-0.25, -0.2) is 9.78 Å². The smallest absolute Gasteiger partial charge is 0.375 e. The summed E-state index contributed by atoms with van der Waals surface area (Å²) >= 11 is 0. The van der Waals surface area contributed by atoms with E-state index in [9.17, 15) is 4.79 Å². The summed E-state index contributed by atoms with van der Waals surface area (Å²) < 4.78 is 9.55. The Hall–Kier alpha value is -1.36. The Bertz CT molecular complexity index is 283. The van der Waals surface area contributed by atoms with Crippen molar-refractivity contribution in [2.45, 2.75) is 12.8 Å². The molecule has 0 bridgehead atoms. The van der Waals surface area contributed by atoms with E-state index >= 15 is 0 Å². The van der Waals surface area contributed by atoms with Gasteiger partial charge < -0.3 is 14.9 Å². The van der Waals surface area contributed by atoms with Crippen molar-refractivity contribution in [1.29, 1.82) is 0 Å². The van der Waals surface area contributed by atoms with E-state index in [1.807, 2.05) is 0 Å². The molecule has 0 fully saturated rings. The Morgan fingerprint density at radius 1 is 1.77 bits per heavy atom. The summed E-state index contributed by atoms with van der Waals surface area (Å²) in [6.45, 7) is 0.579. The van der Waals surface area contributed by atoms with Crippen molar-refractivity contribution in [3.8, 4) is 0 Å². The number of hydrogen-bond acceptors (Lipinski definition) is 5. The second-order valence-electron chi connectivity index (χ2n) is 2.50. The molecule has 0 atom stereocenters. The molecule has 0 saturated heterocycles. The average molecular weight is 184 g/mol. The van der Waals surface area contributed by atoms with Crippen molar-refractivity contribution < 1.29 is 13.9 Å². The van der Waals surface area contributed by atoms with E-state index in [1.54, 1.807) is 0 Å². The molecule has 0 saturated carbocycles. The monoisotopic (exact) mass is 184 g/mol. The predicted octanol–water partition coefficient (Wildman–Crippen LogP) is 0.352. The minimum absolute atomic E-state index is 0.134. The van der Waals surface area contributed by atoms with Crippen molar-refractivity contribution in [2.24, 2.45) is 5.73 Å². The van der Waals surface area contributed by atoms with Crippen LogP contribution in [-0.2, 0) is 11.2 Å². The third-order valence-electron chi connectivity index (χ3n) is 1.53. The van der Waals surface area contributed by atoms with Crippen LogP contribution in [0.3, 0.4) is 0 Å². The van der Waals surface area contributed by atoms with Gasteiger partial charge in [-0.05, 0) is 13.0 Å². The summed E-state index contributed by atoms with van der Waals surface area (Å²) in [6, 6.07) is 0. The number of nitrogens with zero attached hydrogens (tertiary/aromatic N) is 1. The number of aryl methyl sites for hydroxylation is 1. The second-order valence-corrected chi connectivity index (χ2v) is 2.50. The molecule has 5 heteroatoms. The van der Waals surface area contributed by atoms with E-state index in [4.69, 9.17) is 10.2 Å². The van der Waals surface area contributed by atoms with Gasteiger partial charge in [0.05, 0.1) is 13.3 Å². The van der Waals surface area contributed by atoms with Gasteiger partial charge in [-0.15, -0.1) is 0 Å². The fourth-order valence-corrected chi connectivity index (χ4v) is 0.874. The first kappa shape index (κ1) is 9.73. The number of methoxy groups -OCH3 is 1. The number of nitrogens with two attached hydrogens (primary N) is 1. The lowest BCUT2D eigenvalue weighted by Crippen LogP contribution is -2.00. The van der Waals surface area contributed by atoms with Gasteiger partial charge in [-0.1, -0.05) is 0 Å². The summed E-state index contributed by atoms with van der Waals surface area (Å²) in [5.74, 6) is 0.145. The maximum Gasteiger partial charge on any atom is 0.375 e. The molecule has 0 aromatic carbocycles. The van der Waals surface area contributed by atoms with Crippen LogP contribution in [0.4, 0.5) is 0 Å². The lowest BCUT2D eigenvalue weighted by Gasteiger charge is -1.92. The van der Waals surface area contributed by atoms with Crippen LogP contribution in [0, 0.1) is 0 Å². The minimum Gasteiger partial charge on any atom is -0.463 e. The second kappa shape index (κ2) is 4.61. The molecule has 0 aliphatic rings. The van der Waals surface area contributed by atoms with Gasteiger partial charge in [0.15, 0.2) is 5.89 Å². The van der Waals surface area contributed by atoms with Crippen LogP contribution in [0.5, 0.6) is 0 Å². The van der Waals surface area contributed by atoms with E-state index < -0.39 is 5.97 Å². The first-order valence-electron chi connectivity index (χ1n) is 4.01. The summed E-state index contributed by atoms with van der Waals surface area (Å²) in [5.41, 5.74) is 5.31. The van der Waals surface area contributed by atoms with Crippen molar-refractivity contribution >= 4 is 5.97 Å². The molecular weight excluding hydrogens is 172 g/mol. The lowest BCUT2D eigenvalue weighted by atomic mass is 10.3. The van der Waals surface area contributed by atoms with Crippen molar-refractivity contribution in [3.05, 3.63) is 17.8 Å². The highest BCUT2D eigenvalue weighted by Crippen LogP contribution is 2.06. The zero-order chi connectivity index (χ0) is 9.68. The first-order valence-corrected chi connectivity index (χ1v) is 4.01.